The van der Waals surface area contributed by atoms with E-state index < -0.39 is 0 Å². The number of halogens is 1. The molecule has 2 nitrogen and oxygen atoms in total. The highest BCUT2D eigenvalue weighted by molar-refractivity contribution is 9.10. The van der Waals surface area contributed by atoms with Gasteiger partial charge in [0, 0.05) is 16.1 Å². The summed E-state index contributed by atoms with van der Waals surface area (Å²) in [5, 5.41) is 9.76. The molecule has 1 saturated carbocycles. The topological polar surface area (TPSA) is 46.2 Å². The molecule has 1 unspecified atom stereocenters. The van der Waals surface area contributed by atoms with Gasteiger partial charge in [0.15, 0.2) is 0 Å². The van der Waals surface area contributed by atoms with Gasteiger partial charge in [-0.05, 0) is 43.4 Å². The second-order valence-corrected chi connectivity index (χ2v) is 4.88. The fourth-order valence-corrected chi connectivity index (χ4v) is 2.02. The highest BCUT2D eigenvalue weighted by Crippen LogP contribution is 2.42. The number of nitrogens with two attached hydrogens (primary N) is 1. The van der Waals surface area contributed by atoms with Crippen LogP contribution in [-0.2, 0) is 0 Å². The molecule has 0 aliphatic heterocycles. The van der Waals surface area contributed by atoms with Gasteiger partial charge in [-0.25, -0.2) is 0 Å². The third-order valence-electron chi connectivity index (χ3n) is 2.80. The summed E-state index contributed by atoms with van der Waals surface area (Å²) < 4.78 is 1.02. The summed E-state index contributed by atoms with van der Waals surface area (Å²) in [4.78, 5) is 0. The molecule has 1 atom stereocenters. The maximum absolute atomic E-state index is 9.76. The molecule has 1 aliphatic rings. The smallest absolute Gasteiger partial charge is 0.120 e. The Morgan fingerprint density at radius 1 is 1.50 bits per heavy atom. The molecule has 0 aromatic heterocycles. The van der Waals surface area contributed by atoms with Crippen LogP contribution in [0.3, 0.4) is 0 Å². The van der Waals surface area contributed by atoms with Crippen molar-refractivity contribution >= 4 is 15.9 Å². The lowest BCUT2D eigenvalue weighted by atomic mass is 10.0. The summed E-state index contributed by atoms with van der Waals surface area (Å²) in [6.07, 6.45) is 2.37. The van der Waals surface area contributed by atoms with Gasteiger partial charge in [-0.1, -0.05) is 15.9 Å². The van der Waals surface area contributed by atoms with Gasteiger partial charge in [0.05, 0.1) is 0 Å². The molecule has 0 saturated heterocycles. The third-order valence-corrected chi connectivity index (χ3v) is 3.65. The Kier molecular flexibility index (Phi) is 2.54. The van der Waals surface area contributed by atoms with E-state index in [-0.39, 0.29) is 6.04 Å². The van der Waals surface area contributed by atoms with Crippen LogP contribution in [0.2, 0.25) is 0 Å². The number of rotatable bonds is 2. The van der Waals surface area contributed by atoms with Crippen molar-refractivity contribution < 1.29 is 5.11 Å². The fourth-order valence-electron chi connectivity index (χ4n) is 1.66. The van der Waals surface area contributed by atoms with E-state index in [4.69, 9.17) is 5.73 Å². The van der Waals surface area contributed by atoms with Crippen molar-refractivity contribution in [2.24, 2.45) is 11.7 Å². The van der Waals surface area contributed by atoms with Gasteiger partial charge in [0.1, 0.15) is 5.75 Å². The van der Waals surface area contributed by atoms with Crippen LogP contribution in [0.5, 0.6) is 5.75 Å². The molecule has 1 fully saturated rings. The number of hydrogen-bond donors (Lipinski definition) is 2. The molecule has 1 aromatic carbocycles. The molecule has 0 spiro atoms. The maximum Gasteiger partial charge on any atom is 0.120 e. The molecular weight excluding hydrogens is 242 g/mol. The van der Waals surface area contributed by atoms with Crippen molar-refractivity contribution in [3.63, 3.8) is 0 Å². The Labute approximate surface area is 92.3 Å². The molecule has 3 heteroatoms. The monoisotopic (exact) mass is 255 g/mol. The van der Waals surface area contributed by atoms with Gasteiger partial charge >= 0.3 is 0 Å². The minimum Gasteiger partial charge on any atom is -0.508 e. The van der Waals surface area contributed by atoms with Crippen molar-refractivity contribution in [3.8, 4) is 5.75 Å². The summed E-state index contributed by atoms with van der Waals surface area (Å²) in [5.74, 6) is 0.889. The Morgan fingerprint density at radius 2 is 2.14 bits per heavy atom. The normalized spacial score (nSPS) is 18.2. The summed E-state index contributed by atoms with van der Waals surface area (Å²) in [6, 6.07) is 3.70. The quantitative estimate of drug-likeness (QED) is 0.854. The Morgan fingerprint density at radius 3 is 2.71 bits per heavy atom. The average molecular weight is 256 g/mol. The second-order valence-electron chi connectivity index (χ2n) is 4.02. The first-order chi connectivity index (χ1) is 6.59. The minimum atomic E-state index is -0.00750. The number of benzene rings is 1. The van der Waals surface area contributed by atoms with Crippen molar-refractivity contribution in [3.05, 3.63) is 27.7 Å². The largest absolute Gasteiger partial charge is 0.508 e. The van der Waals surface area contributed by atoms with Crippen LogP contribution in [0, 0.1) is 12.8 Å². The Balaban J connectivity index is 2.36. The molecule has 0 amide bonds. The van der Waals surface area contributed by atoms with Crippen LogP contribution in [0.25, 0.3) is 0 Å². The van der Waals surface area contributed by atoms with E-state index in [9.17, 15) is 5.11 Å². The van der Waals surface area contributed by atoms with Crippen LogP contribution in [0.15, 0.2) is 16.6 Å². The van der Waals surface area contributed by atoms with E-state index in [0.29, 0.717) is 11.7 Å². The fraction of sp³-hybridized carbons (Fsp3) is 0.455. The van der Waals surface area contributed by atoms with Gasteiger partial charge in [0.2, 0.25) is 0 Å². The third kappa shape index (κ3) is 1.79. The van der Waals surface area contributed by atoms with Gasteiger partial charge in [-0.2, -0.15) is 0 Å². The lowest BCUT2D eigenvalue weighted by Gasteiger charge is -2.14. The molecule has 2 rings (SSSR count). The number of phenolic OH excluding ortho intramolecular Hbond substituents is 1. The standard InChI is InChI=1S/C11H14BrNO/c1-6-4-10(14)8(5-9(6)12)11(13)7-2-3-7/h4-5,7,11,14H,2-3,13H2,1H3. The van der Waals surface area contributed by atoms with Gasteiger partial charge < -0.3 is 10.8 Å². The molecule has 3 N–H and O–H groups in total. The number of hydrogen-bond acceptors (Lipinski definition) is 2. The molecule has 1 aliphatic carbocycles. The van der Waals surface area contributed by atoms with Gasteiger partial charge in [-0.15, -0.1) is 0 Å². The maximum atomic E-state index is 9.76. The Bertz CT molecular complexity index is 361. The zero-order chi connectivity index (χ0) is 10.3. The van der Waals surface area contributed by atoms with E-state index in [1.165, 1.54) is 12.8 Å². The molecule has 0 heterocycles. The molecule has 0 radical (unpaired) electrons. The molecular formula is C11H14BrNO. The van der Waals surface area contributed by atoms with Crippen LogP contribution >= 0.6 is 15.9 Å². The van der Waals surface area contributed by atoms with Crippen LogP contribution in [-0.4, -0.2) is 5.11 Å². The van der Waals surface area contributed by atoms with E-state index >= 15 is 0 Å². The highest BCUT2D eigenvalue weighted by Gasteiger charge is 2.31. The van der Waals surface area contributed by atoms with Crippen LogP contribution in [0.4, 0.5) is 0 Å². The first-order valence-corrected chi connectivity index (χ1v) is 5.63. The summed E-state index contributed by atoms with van der Waals surface area (Å²) >= 11 is 3.45. The predicted molar refractivity (Wildman–Crippen MR) is 60.2 cm³/mol. The van der Waals surface area contributed by atoms with E-state index in [1.807, 2.05) is 13.0 Å². The van der Waals surface area contributed by atoms with Crippen molar-refractivity contribution in [1.82, 2.24) is 0 Å². The lowest BCUT2D eigenvalue weighted by molar-refractivity contribution is 0.455. The van der Waals surface area contributed by atoms with Crippen LogP contribution < -0.4 is 5.73 Å². The molecule has 14 heavy (non-hydrogen) atoms. The highest BCUT2D eigenvalue weighted by atomic mass is 79.9. The Hall–Kier alpha value is -0.540. The SMILES string of the molecule is Cc1cc(O)c(C(N)C2CC2)cc1Br. The zero-order valence-corrected chi connectivity index (χ0v) is 9.71. The summed E-state index contributed by atoms with van der Waals surface area (Å²) in [7, 11) is 0. The van der Waals surface area contributed by atoms with Crippen molar-refractivity contribution in [1.29, 1.82) is 0 Å². The first kappa shape index (κ1) is 9.99. The van der Waals surface area contributed by atoms with Crippen LogP contribution in [0.1, 0.15) is 30.0 Å². The first-order valence-electron chi connectivity index (χ1n) is 4.84. The van der Waals surface area contributed by atoms with Gasteiger partial charge in [-0.3, -0.25) is 0 Å². The average Bonchev–Trinajstić information content (AvgIpc) is 2.93. The predicted octanol–water partition coefficient (Wildman–Crippen LogP) is 2.87. The summed E-state index contributed by atoms with van der Waals surface area (Å²) in [5.41, 5.74) is 7.94. The number of aromatic hydroxyl groups is 1. The van der Waals surface area contributed by atoms with Crippen molar-refractivity contribution in [2.45, 2.75) is 25.8 Å². The van der Waals surface area contributed by atoms with E-state index in [1.54, 1.807) is 6.07 Å². The molecule has 1 aromatic rings. The van der Waals surface area contributed by atoms with Crippen molar-refractivity contribution in [2.75, 3.05) is 0 Å². The number of aryl methyl sites for hydroxylation is 1. The lowest BCUT2D eigenvalue weighted by Crippen LogP contribution is -2.12. The van der Waals surface area contributed by atoms with E-state index in [0.717, 1.165) is 15.6 Å². The van der Waals surface area contributed by atoms with E-state index in [2.05, 4.69) is 15.9 Å². The molecule has 0 bridgehead atoms. The molecule has 76 valence electrons. The minimum absolute atomic E-state index is 0.00750. The van der Waals surface area contributed by atoms with Gasteiger partial charge in [0.25, 0.3) is 0 Å². The second kappa shape index (κ2) is 3.55. The number of phenols is 1. The summed E-state index contributed by atoms with van der Waals surface area (Å²) in [6.45, 7) is 1.95. The zero-order valence-electron chi connectivity index (χ0n) is 8.13.